The van der Waals surface area contributed by atoms with Crippen molar-refractivity contribution < 1.29 is 0 Å². The Bertz CT molecular complexity index is 1360. The number of para-hydroxylation sites is 2. The van der Waals surface area contributed by atoms with Crippen LogP contribution in [-0.2, 0) is 13.0 Å². The summed E-state index contributed by atoms with van der Waals surface area (Å²) in [5.74, 6) is 3.80. The molecule has 7 heteroatoms. The van der Waals surface area contributed by atoms with Gasteiger partial charge in [0, 0.05) is 32.0 Å². The first-order chi connectivity index (χ1) is 15.7. The van der Waals surface area contributed by atoms with E-state index in [0.29, 0.717) is 11.5 Å². The molecule has 0 N–H and O–H groups in total. The molecule has 1 fully saturated rings. The molecule has 0 amide bonds. The molecule has 5 heterocycles. The van der Waals surface area contributed by atoms with Gasteiger partial charge in [0.05, 0.1) is 16.6 Å². The molecule has 4 aromatic rings. The van der Waals surface area contributed by atoms with Crippen molar-refractivity contribution in [3.63, 3.8) is 0 Å². The molecule has 1 unspecified atom stereocenters. The van der Waals surface area contributed by atoms with Gasteiger partial charge in [0.25, 0.3) is 0 Å². The Balaban J connectivity index is 1.44. The molecule has 32 heavy (non-hydrogen) atoms. The minimum atomic E-state index is 0.365. The fraction of sp³-hybridized carbons (Fsp3) is 0.440. The fourth-order valence-corrected chi connectivity index (χ4v) is 5.51. The number of aryl methyl sites for hydroxylation is 2. The summed E-state index contributed by atoms with van der Waals surface area (Å²) in [5, 5.41) is 19.0. The number of nitriles is 1. The summed E-state index contributed by atoms with van der Waals surface area (Å²) in [6.07, 6.45) is 6.99. The van der Waals surface area contributed by atoms with Crippen LogP contribution >= 0.6 is 0 Å². The van der Waals surface area contributed by atoms with Crippen LogP contribution in [0.5, 0.6) is 0 Å². The van der Waals surface area contributed by atoms with Crippen LogP contribution in [0.3, 0.4) is 0 Å². The van der Waals surface area contributed by atoms with Crippen molar-refractivity contribution in [3.05, 3.63) is 53.1 Å². The normalized spacial score (nSPS) is 19.1. The van der Waals surface area contributed by atoms with E-state index in [1.807, 2.05) is 25.1 Å². The molecular weight excluding hydrogens is 398 g/mol. The summed E-state index contributed by atoms with van der Waals surface area (Å²) >= 11 is 0. The third kappa shape index (κ3) is 2.97. The van der Waals surface area contributed by atoms with Crippen molar-refractivity contribution in [1.29, 1.82) is 5.26 Å². The number of pyridine rings is 1. The van der Waals surface area contributed by atoms with Gasteiger partial charge in [0.15, 0.2) is 5.65 Å². The predicted octanol–water partition coefficient (Wildman–Crippen LogP) is 4.37. The second-order valence-electron chi connectivity index (χ2n) is 9.15. The van der Waals surface area contributed by atoms with Gasteiger partial charge in [0.1, 0.15) is 23.5 Å². The van der Waals surface area contributed by atoms with E-state index in [1.54, 1.807) is 0 Å². The summed E-state index contributed by atoms with van der Waals surface area (Å²) in [6.45, 7) is 4.96. The lowest BCUT2D eigenvalue weighted by Gasteiger charge is -2.34. The van der Waals surface area contributed by atoms with E-state index >= 15 is 0 Å². The lowest BCUT2D eigenvalue weighted by Crippen LogP contribution is -2.36. The summed E-state index contributed by atoms with van der Waals surface area (Å²) in [7, 11) is 0. The first kappa shape index (κ1) is 19.3. The van der Waals surface area contributed by atoms with Crippen LogP contribution in [-0.4, -0.2) is 37.2 Å². The van der Waals surface area contributed by atoms with Gasteiger partial charge in [-0.3, -0.25) is 4.40 Å². The highest BCUT2D eigenvalue weighted by Gasteiger charge is 2.29. The van der Waals surface area contributed by atoms with E-state index in [1.165, 1.54) is 19.3 Å². The van der Waals surface area contributed by atoms with Crippen molar-refractivity contribution in [2.75, 3.05) is 18.0 Å². The maximum atomic E-state index is 9.81. The first-order valence-electron chi connectivity index (χ1n) is 11.7. The Morgan fingerprint density at radius 1 is 1.06 bits per heavy atom. The molecule has 1 saturated heterocycles. The maximum absolute atomic E-state index is 9.81. The van der Waals surface area contributed by atoms with Crippen LogP contribution in [0.25, 0.3) is 16.7 Å². The van der Waals surface area contributed by atoms with Crippen LogP contribution in [0.1, 0.15) is 60.8 Å². The van der Waals surface area contributed by atoms with Gasteiger partial charge in [-0.25, -0.2) is 4.98 Å². The van der Waals surface area contributed by atoms with Crippen molar-refractivity contribution in [2.24, 2.45) is 0 Å². The zero-order valence-electron chi connectivity index (χ0n) is 18.5. The molecule has 0 saturated carbocycles. The van der Waals surface area contributed by atoms with Gasteiger partial charge >= 0.3 is 0 Å². The standard InChI is InChI=1S/C25H27N7/c1-17-14-23(32-21-10-5-4-9-20(21)27-25(32)19(17)15-26)30-12-7-8-18(16-30)24-29-28-22-11-3-2-6-13-31(22)24/h4-5,9-10,14,18H,2-3,6-8,11-13,16H2,1H3. The lowest BCUT2D eigenvalue weighted by atomic mass is 9.96. The second-order valence-corrected chi connectivity index (χ2v) is 9.15. The summed E-state index contributed by atoms with van der Waals surface area (Å²) in [5.41, 5.74) is 4.35. The van der Waals surface area contributed by atoms with E-state index in [-0.39, 0.29) is 0 Å². The minimum Gasteiger partial charge on any atom is -0.357 e. The van der Waals surface area contributed by atoms with E-state index < -0.39 is 0 Å². The summed E-state index contributed by atoms with van der Waals surface area (Å²) < 4.78 is 4.57. The van der Waals surface area contributed by atoms with Gasteiger partial charge in [-0.1, -0.05) is 18.6 Å². The van der Waals surface area contributed by atoms with Gasteiger partial charge in [-0.05, 0) is 56.4 Å². The topological polar surface area (TPSA) is 75.0 Å². The molecule has 7 nitrogen and oxygen atoms in total. The molecular formula is C25H27N7. The number of aromatic nitrogens is 5. The third-order valence-electron chi connectivity index (χ3n) is 7.11. The maximum Gasteiger partial charge on any atom is 0.157 e. The third-order valence-corrected chi connectivity index (χ3v) is 7.11. The van der Waals surface area contributed by atoms with Crippen LogP contribution < -0.4 is 4.90 Å². The van der Waals surface area contributed by atoms with Gasteiger partial charge in [-0.2, -0.15) is 5.26 Å². The largest absolute Gasteiger partial charge is 0.357 e. The zero-order chi connectivity index (χ0) is 21.7. The number of hydrogen-bond acceptors (Lipinski definition) is 5. The molecule has 2 aliphatic rings. The summed E-state index contributed by atoms with van der Waals surface area (Å²) in [6, 6.07) is 12.7. The molecule has 3 aromatic heterocycles. The number of piperidine rings is 1. The molecule has 0 spiro atoms. The molecule has 0 bridgehead atoms. The monoisotopic (exact) mass is 425 g/mol. The molecule has 2 aliphatic heterocycles. The minimum absolute atomic E-state index is 0.365. The Morgan fingerprint density at radius 3 is 2.88 bits per heavy atom. The number of imidazole rings is 1. The van der Waals surface area contributed by atoms with Crippen LogP contribution in [0.2, 0.25) is 0 Å². The van der Waals surface area contributed by atoms with Crippen molar-refractivity contribution in [1.82, 2.24) is 24.1 Å². The van der Waals surface area contributed by atoms with Gasteiger partial charge in [0.2, 0.25) is 0 Å². The van der Waals surface area contributed by atoms with E-state index in [9.17, 15) is 5.26 Å². The van der Waals surface area contributed by atoms with E-state index in [4.69, 9.17) is 4.98 Å². The molecule has 0 aliphatic carbocycles. The highest BCUT2D eigenvalue weighted by atomic mass is 15.3. The Labute approximate surface area is 187 Å². The van der Waals surface area contributed by atoms with Crippen molar-refractivity contribution >= 4 is 22.5 Å². The van der Waals surface area contributed by atoms with Crippen LogP contribution in [0.4, 0.5) is 5.82 Å². The number of hydrogen-bond donors (Lipinski definition) is 0. The summed E-state index contributed by atoms with van der Waals surface area (Å²) in [4.78, 5) is 7.29. The molecule has 1 aromatic carbocycles. The smallest absolute Gasteiger partial charge is 0.157 e. The first-order valence-corrected chi connectivity index (χ1v) is 11.7. The second kappa shape index (κ2) is 7.63. The molecule has 162 valence electrons. The number of benzene rings is 1. The van der Waals surface area contributed by atoms with Crippen molar-refractivity contribution in [2.45, 2.75) is 57.9 Å². The van der Waals surface area contributed by atoms with Crippen molar-refractivity contribution in [3.8, 4) is 6.07 Å². The van der Waals surface area contributed by atoms with E-state index in [2.05, 4.69) is 42.3 Å². The quantitative estimate of drug-likeness (QED) is 0.477. The zero-order valence-corrected chi connectivity index (χ0v) is 18.5. The average Bonchev–Trinajstić information content (AvgIpc) is 3.32. The van der Waals surface area contributed by atoms with E-state index in [0.717, 1.165) is 78.6 Å². The van der Waals surface area contributed by atoms with Crippen LogP contribution in [0.15, 0.2) is 30.3 Å². The Kier molecular flexibility index (Phi) is 4.60. The highest BCUT2D eigenvalue weighted by Crippen LogP contribution is 2.34. The number of rotatable bonds is 2. The number of nitrogens with zero attached hydrogens (tertiary/aromatic N) is 7. The van der Waals surface area contributed by atoms with Gasteiger partial charge < -0.3 is 9.47 Å². The predicted molar refractivity (Wildman–Crippen MR) is 124 cm³/mol. The molecule has 1 atom stereocenters. The molecule has 6 rings (SSSR count). The highest BCUT2D eigenvalue weighted by molar-refractivity contribution is 5.85. The van der Waals surface area contributed by atoms with Gasteiger partial charge in [-0.15, -0.1) is 10.2 Å². The van der Waals surface area contributed by atoms with Crippen LogP contribution in [0, 0.1) is 18.3 Å². The number of anilines is 1. The lowest BCUT2D eigenvalue weighted by molar-refractivity contribution is 0.463. The molecule has 0 radical (unpaired) electrons. The fourth-order valence-electron chi connectivity index (χ4n) is 5.51. The Morgan fingerprint density at radius 2 is 1.97 bits per heavy atom. The number of fused-ring (bicyclic) bond motifs is 4. The Hall–Kier alpha value is -3.40. The SMILES string of the molecule is Cc1cc(N2CCCC(c3nnc4n3CCCCC4)C2)n2c(nc3ccccc32)c1C#N. The average molecular weight is 426 g/mol.